The summed E-state index contributed by atoms with van der Waals surface area (Å²) in [4.78, 5) is 12.0. The Morgan fingerprint density at radius 2 is 2.07 bits per heavy atom. The van der Waals surface area contributed by atoms with Gasteiger partial charge < -0.3 is 4.90 Å². The van der Waals surface area contributed by atoms with Gasteiger partial charge in [0.2, 0.25) is 0 Å². The van der Waals surface area contributed by atoms with E-state index in [2.05, 4.69) is 12.6 Å². The van der Waals surface area contributed by atoms with Crippen molar-refractivity contribution in [3.05, 3.63) is 35.4 Å². The van der Waals surface area contributed by atoms with Crippen LogP contribution < -0.4 is 0 Å². The molecule has 0 aliphatic heterocycles. The molecule has 0 saturated heterocycles. The zero-order valence-electron chi connectivity index (χ0n) is 7.50. The molecule has 0 aliphatic carbocycles. The Balaban J connectivity index is 2.78. The summed E-state index contributed by atoms with van der Waals surface area (Å²) in [7, 11) is 1.52. The van der Waals surface area contributed by atoms with Gasteiger partial charge in [0, 0.05) is 13.6 Å². The van der Waals surface area contributed by atoms with Gasteiger partial charge in [-0.2, -0.15) is 0 Å². The summed E-state index contributed by atoms with van der Waals surface area (Å²) >= 11 is 3.59. The smallest absolute Gasteiger partial charge is 0.278 e. The second-order valence-electron chi connectivity index (χ2n) is 2.89. The molecule has 0 saturated carbocycles. The van der Waals surface area contributed by atoms with Gasteiger partial charge in [-0.15, -0.1) is 0 Å². The van der Waals surface area contributed by atoms with Crippen molar-refractivity contribution in [3.63, 3.8) is 0 Å². The highest BCUT2D eigenvalue weighted by atomic mass is 32.1. The Bertz CT molecular complexity index is 357. The highest BCUT2D eigenvalue weighted by Gasteiger charge is 2.07. The van der Waals surface area contributed by atoms with E-state index in [4.69, 9.17) is 0 Å². The van der Waals surface area contributed by atoms with Crippen LogP contribution in [0.3, 0.4) is 0 Å². The molecule has 1 aromatic carbocycles. The molecule has 5 heteroatoms. The van der Waals surface area contributed by atoms with Crippen LogP contribution in [0.25, 0.3) is 0 Å². The van der Waals surface area contributed by atoms with Gasteiger partial charge in [-0.05, 0) is 17.7 Å². The number of benzene rings is 1. The summed E-state index contributed by atoms with van der Waals surface area (Å²) in [5.74, 6) is -1.81. The molecule has 1 aromatic rings. The van der Waals surface area contributed by atoms with Gasteiger partial charge in [-0.25, -0.2) is 8.78 Å². The number of halogens is 2. The van der Waals surface area contributed by atoms with E-state index in [0.717, 1.165) is 12.1 Å². The normalized spacial score (nSPS) is 10.0. The van der Waals surface area contributed by atoms with Crippen LogP contribution in [0.15, 0.2) is 18.2 Å². The van der Waals surface area contributed by atoms with Crippen molar-refractivity contribution in [2.45, 2.75) is 6.54 Å². The van der Waals surface area contributed by atoms with Crippen molar-refractivity contribution in [2.75, 3.05) is 7.05 Å². The van der Waals surface area contributed by atoms with E-state index in [0.29, 0.717) is 5.56 Å². The summed E-state index contributed by atoms with van der Waals surface area (Å²) in [6.07, 6.45) is 0. The predicted molar refractivity (Wildman–Crippen MR) is 52.2 cm³/mol. The topological polar surface area (TPSA) is 20.3 Å². The van der Waals surface area contributed by atoms with E-state index >= 15 is 0 Å². The molecule has 0 aromatic heterocycles. The first kappa shape index (κ1) is 11.0. The van der Waals surface area contributed by atoms with Gasteiger partial charge in [0.25, 0.3) is 5.24 Å². The zero-order chi connectivity index (χ0) is 10.7. The molecule has 0 bridgehead atoms. The first-order chi connectivity index (χ1) is 6.50. The summed E-state index contributed by atoms with van der Waals surface area (Å²) in [6, 6.07) is 3.51. The minimum atomic E-state index is -0.914. The monoisotopic (exact) mass is 217 g/mol. The highest BCUT2D eigenvalue weighted by molar-refractivity contribution is 7.96. The van der Waals surface area contributed by atoms with Crippen LogP contribution in [0, 0.1) is 11.6 Å². The SMILES string of the molecule is CN(Cc1ccc(F)c(F)c1)C(=O)S. The molecule has 0 N–H and O–H groups in total. The van der Waals surface area contributed by atoms with Crippen molar-refractivity contribution in [3.8, 4) is 0 Å². The Labute approximate surface area is 85.9 Å². The quantitative estimate of drug-likeness (QED) is 0.754. The lowest BCUT2D eigenvalue weighted by atomic mass is 10.2. The maximum Gasteiger partial charge on any atom is 0.278 e. The minimum absolute atomic E-state index is 0.208. The lowest BCUT2D eigenvalue weighted by Crippen LogP contribution is -2.20. The van der Waals surface area contributed by atoms with E-state index in [-0.39, 0.29) is 6.54 Å². The van der Waals surface area contributed by atoms with E-state index < -0.39 is 16.9 Å². The van der Waals surface area contributed by atoms with E-state index in [1.165, 1.54) is 18.0 Å². The second kappa shape index (κ2) is 4.41. The molecule has 0 unspecified atom stereocenters. The predicted octanol–water partition coefficient (Wildman–Crippen LogP) is 2.45. The fourth-order valence-electron chi connectivity index (χ4n) is 0.979. The zero-order valence-corrected chi connectivity index (χ0v) is 8.39. The molecular formula is C9H9F2NOS. The Kier molecular flexibility index (Phi) is 3.46. The van der Waals surface area contributed by atoms with E-state index in [1.807, 2.05) is 0 Å². The molecular weight excluding hydrogens is 208 g/mol. The second-order valence-corrected chi connectivity index (χ2v) is 3.27. The minimum Gasteiger partial charge on any atom is -0.333 e. The third kappa shape index (κ3) is 2.70. The summed E-state index contributed by atoms with van der Waals surface area (Å²) in [5, 5.41) is -0.422. The first-order valence-corrected chi connectivity index (χ1v) is 4.33. The van der Waals surface area contributed by atoms with Crippen LogP contribution in [-0.2, 0) is 6.54 Å². The van der Waals surface area contributed by atoms with Crippen LogP contribution in [0.5, 0.6) is 0 Å². The molecule has 0 atom stereocenters. The maximum atomic E-state index is 12.7. The van der Waals surface area contributed by atoms with Gasteiger partial charge >= 0.3 is 0 Å². The average Bonchev–Trinajstić information content (AvgIpc) is 2.11. The van der Waals surface area contributed by atoms with Gasteiger partial charge in [0.15, 0.2) is 11.6 Å². The summed E-state index contributed by atoms with van der Waals surface area (Å²) in [5.41, 5.74) is 0.522. The highest BCUT2D eigenvalue weighted by Crippen LogP contribution is 2.10. The molecule has 0 radical (unpaired) electrons. The van der Waals surface area contributed by atoms with Crippen LogP contribution >= 0.6 is 12.6 Å². The molecule has 0 fully saturated rings. The van der Waals surface area contributed by atoms with Gasteiger partial charge in [0.05, 0.1) is 0 Å². The average molecular weight is 217 g/mol. The fourth-order valence-corrected chi connectivity index (χ4v) is 1.05. The van der Waals surface area contributed by atoms with Crippen molar-refractivity contribution < 1.29 is 13.6 Å². The molecule has 14 heavy (non-hydrogen) atoms. The van der Waals surface area contributed by atoms with Gasteiger partial charge in [-0.3, -0.25) is 4.79 Å². The number of rotatable bonds is 2. The van der Waals surface area contributed by atoms with Crippen molar-refractivity contribution in [2.24, 2.45) is 0 Å². The van der Waals surface area contributed by atoms with Crippen LogP contribution in [0.2, 0.25) is 0 Å². The molecule has 0 heterocycles. The van der Waals surface area contributed by atoms with Crippen molar-refractivity contribution in [1.29, 1.82) is 0 Å². The summed E-state index contributed by atoms with van der Waals surface area (Å²) < 4.78 is 25.3. The molecule has 2 nitrogen and oxygen atoms in total. The molecule has 0 spiro atoms. The van der Waals surface area contributed by atoms with E-state index in [9.17, 15) is 13.6 Å². The number of amides is 1. The Hall–Kier alpha value is -1.10. The number of carbonyl (C=O) groups is 1. The van der Waals surface area contributed by atoms with Crippen molar-refractivity contribution in [1.82, 2.24) is 4.90 Å². The third-order valence-corrected chi connectivity index (χ3v) is 2.07. The lowest BCUT2D eigenvalue weighted by molar-refractivity contribution is 0.232. The van der Waals surface area contributed by atoms with Crippen LogP contribution in [-0.4, -0.2) is 17.2 Å². The Morgan fingerprint density at radius 3 is 2.57 bits per heavy atom. The van der Waals surface area contributed by atoms with Crippen LogP contribution in [0.1, 0.15) is 5.56 Å². The van der Waals surface area contributed by atoms with Crippen LogP contribution in [0.4, 0.5) is 13.6 Å². The number of thiol groups is 1. The fraction of sp³-hybridized carbons (Fsp3) is 0.222. The first-order valence-electron chi connectivity index (χ1n) is 3.88. The summed E-state index contributed by atoms with van der Waals surface area (Å²) in [6.45, 7) is 0.208. The van der Waals surface area contributed by atoms with E-state index in [1.54, 1.807) is 0 Å². The number of hydrogen-bond donors (Lipinski definition) is 1. The Morgan fingerprint density at radius 1 is 1.43 bits per heavy atom. The van der Waals surface area contributed by atoms with Gasteiger partial charge in [0.1, 0.15) is 0 Å². The largest absolute Gasteiger partial charge is 0.333 e. The number of carbonyl (C=O) groups excluding carboxylic acids is 1. The van der Waals surface area contributed by atoms with Gasteiger partial charge in [-0.1, -0.05) is 18.7 Å². The number of nitrogens with zero attached hydrogens (tertiary/aromatic N) is 1. The maximum absolute atomic E-state index is 12.7. The standard InChI is InChI=1S/C9H9F2NOS/c1-12(9(13)14)5-6-2-3-7(10)8(11)4-6/h2-4H,5H2,1H3,(H,13,14). The molecule has 1 amide bonds. The van der Waals surface area contributed by atoms with Crippen molar-refractivity contribution >= 4 is 17.9 Å². The molecule has 76 valence electrons. The number of hydrogen-bond acceptors (Lipinski definition) is 1. The molecule has 1 rings (SSSR count). The lowest BCUT2D eigenvalue weighted by Gasteiger charge is -2.13. The third-order valence-electron chi connectivity index (χ3n) is 1.73. The molecule has 0 aliphatic rings.